The van der Waals surface area contributed by atoms with E-state index >= 15 is 0 Å². The number of ether oxygens (including phenoxy) is 2. The van der Waals surface area contributed by atoms with Crippen LogP contribution in [0.1, 0.15) is 106 Å². The highest BCUT2D eigenvalue weighted by molar-refractivity contribution is 14.1. The summed E-state index contributed by atoms with van der Waals surface area (Å²) < 4.78 is 12.6. The van der Waals surface area contributed by atoms with Gasteiger partial charge in [-0.3, -0.25) is 14.4 Å². The summed E-state index contributed by atoms with van der Waals surface area (Å²) in [4.78, 5) is 71.6. The molecule has 0 bridgehead atoms. The maximum absolute atomic E-state index is 12.9. The number of nitrogens with one attached hydrogen (secondary N) is 7. The van der Waals surface area contributed by atoms with Crippen LogP contribution < -0.4 is 54.4 Å². The van der Waals surface area contributed by atoms with E-state index in [1.807, 2.05) is 78.9 Å². The number of alkyl carbamates (subject to hydrolysis) is 1. The first kappa shape index (κ1) is 68.8. The van der Waals surface area contributed by atoms with Crippen molar-refractivity contribution in [1.82, 2.24) is 36.2 Å². The van der Waals surface area contributed by atoms with E-state index in [0.717, 1.165) is 53.2 Å². The van der Waals surface area contributed by atoms with Gasteiger partial charge in [0.25, 0.3) is 17.7 Å². The maximum atomic E-state index is 12.9. The summed E-state index contributed by atoms with van der Waals surface area (Å²) in [6.07, 6.45) is 6.39. The van der Waals surface area contributed by atoms with Crippen LogP contribution in [0.25, 0.3) is 0 Å². The zero-order valence-electron chi connectivity index (χ0n) is 47.3. The van der Waals surface area contributed by atoms with E-state index in [4.69, 9.17) is 21.9 Å². The molecule has 436 valence electrons. The Kier molecular flexibility index (Phi) is 30.1. The summed E-state index contributed by atoms with van der Waals surface area (Å²) in [6, 6.07) is 30.3. The minimum absolute atomic E-state index is 0.0367. The Bertz CT molecular complexity index is 2970. The number of carbonyl (C=O) groups is 5. The average molecular weight is 1450 g/mol. The summed E-state index contributed by atoms with van der Waals surface area (Å²) in [6.45, 7) is 13.6. The predicted molar refractivity (Wildman–Crippen MR) is 346 cm³/mol. The first-order valence-corrected chi connectivity index (χ1v) is 29.1. The smallest absolute Gasteiger partial charge is 0.407 e. The highest BCUT2D eigenvalue weighted by Crippen LogP contribution is 2.27. The van der Waals surface area contributed by atoms with Crippen LogP contribution in [0.4, 0.5) is 27.0 Å². The van der Waals surface area contributed by atoms with Gasteiger partial charge in [-0.25, -0.2) is 24.5 Å². The van der Waals surface area contributed by atoms with Crippen molar-refractivity contribution >= 4 is 115 Å². The number of amides is 5. The normalized spacial score (nSPS) is 11.1. The molecule has 5 amide bonds. The lowest BCUT2D eigenvalue weighted by atomic mass is 10.1. The molecule has 1 aliphatic heterocycles. The van der Waals surface area contributed by atoms with Crippen LogP contribution >= 0.6 is 67.8 Å². The minimum Gasteiger partial charge on any atom is -0.444 e. The van der Waals surface area contributed by atoms with Gasteiger partial charge < -0.3 is 63.9 Å². The lowest BCUT2D eigenvalue weighted by molar-refractivity contribution is 0.0520. The van der Waals surface area contributed by atoms with E-state index < -0.39 is 23.4 Å². The van der Waals surface area contributed by atoms with E-state index in [2.05, 4.69) is 137 Å². The monoisotopic (exact) mass is 1450 g/mol. The molecule has 20 nitrogen and oxygen atoms in total. The van der Waals surface area contributed by atoms with Crippen molar-refractivity contribution in [3.05, 3.63) is 170 Å². The predicted octanol–water partition coefficient (Wildman–Crippen LogP) is 8.92. The number of primary amides is 1. The van der Waals surface area contributed by atoms with Gasteiger partial charge in [-0.05, 0) is 157 Å². The third-order valence-corrected chi connectivity index (χ3v) is 13.8. The number of aromatic nitrogens is 3. The van der Waals surface area contributed by atoms with Gasteiger partial charge in [-0.2, -0.15) is 0 Å². The molecule has 23 heteroatoms. The van der Waals surface area contributed by atoms with Gasteiger partial charge in [-0.15, -0.1) is 0 Å². The molecule has 7 rings (SSSR count). The van der Waals surface area contributed by atoms with Crippen LogP contribution in [0.5, 0.6) is 0 Å². The van der Waals surface area contributed by atoms with Crippen LogP contribution in [-0.4, -0.2) is 96.8 Å². The Morgan fingerprint density at radius 1 is 0.580 bits per heavy atom. The first-order chi connectivity index (χ1) is 38.5. The van der Waals surface area contributed by atoms with Crippen LogP contribution in [0.2, 0.25) is 0 Å². The molecule has 0 spiro atoms. The largest absolute Gasteiger partial charge is 0.444 e. The number of fused-ring (bicyclic) bond motifs is 1. The molecular weight excluding hydrogens is 1370 g/mol. The second kappa shape index (κ2) is 35.4. The van der Waals surface area contributed by atoms with Gasteiger partial charge in [-0.1, -0.05) is 91.0 Å². The molecule has 0 unspecified atom stereocenters. The SMILES string of the molecule is CC(C)(C)OC(N)=O.CNc1ncc(I)c(CN)c1C(=O)NCCc1ccccc1.CNc1ncc(I)c(CNC(=O)OC(C)(C)C)c1C(=O)NCCc1ccccc1.CNc1ncc(I)c2c1C(=O)NC2.NCCc1ccccc1. The fourth-order valence-electron chi connectivity index (χ4n) is 7.38. The molecule has 3 aromatic carbocycles. The zero-order chi connectivity index (χ0) is 60.1. The Morgan fingerprint density at radius 2 is 0.988 bits per heavy atom. The summed E-state index contributed by atoms with van der Waals surface area (Å²) in [5.74, 6) is 1.25. The Hall–Kier alpha value is -6.43. The van der Waals surface area contributed by atoms with Crippen molar-refractivity contribution < 1.29 is 33.4 Å². The highest BCUT2D eigenvalue weighted by Gasteiger charge is 2.26. The molecule has 0 radical (unpaired) electrons. The number of nitrogens with zero attached hydrogens (tertiary/aromatic N) is 3. The molecule has 1 aliphatic rings. The molecular formula is C58H76I3N13O7. The number of hydrogen-bond acceptors (Lipinski definition) is 15. The number of carbonyl (C=O) groups excluding carboxylic acids is 5. The molecule has 3 aromatic heterocycles. The molecule has 0 atom stereocenters. The average Bonchev–Trinajstić information content (AvgIpc) is 3.83. The van der Waals surface area contributed by atoms with Gasteiger partial charge in [0, 0.05) is 94.3 Å². The van der Waals surface area contributed by atoms with Crippen molar-refractivity contribution in [3.63, 3.8) is 0 Å². The van der Waals surface area contributed by atoms with Crippen LogP contribution in [0.3, 0.4) is 0 Å². The van der Waals surface area contributed by atoms with Crippen molar-refractivity contribution in [2.45, 2.75) is 91.6 Å². The molecule has 81 heavy (non-hydrogen) atoms. The maximum Gasteiger partial charge on any atom is 0.407 e. The third kappa shape index (κ3) is 24.7. The number of nitrogens with two attached hydrogens (primary N) is 3. The van der Waals surface area contributed by atoms with E-state index in [1.54, 1.807) is 81.3 Å². The van der Waals surface area contributed by atoms with Gasteiger partial charge >= 0.3 is 12.2 Å². The van der Waals surface area contributed by atoms with Gasteiger partial charge in [0.2, 0.25) is 0 Å². The van der Waals surface area contributed by atoms with Crippen molar-refractivity contribution in [2.24, 2.45) is 17.2 Å². The van der Waals surface area contributed by atoms with Crippen molar-refractivity contribution in [1.29, 1.82) is 0 Å². The van der Waals surface area contributed by atoms with Crippen molar-refractivity contribution in [2.75, 3.05) is 56.7 Å². The number of halogens is 3. The molecule has 13 N–H and O–H groups in total. The van der Waals surface area contributed by atoms with Crippen LogP contribution in [-0.2, 0) is 48.4 Å². The quantitative estimate of drug-likeness (QED) is 0.0405. The molecule has 4 heterocycles. The van der Waals surface area contributed by atoms with Gasteiger partial charge in [0.15, 0.2) is 0 Å². The Labute approximate surface area is 516 Å². The zero-order valence-corrected chi connectivity index (χ0v) is 53.8. The lowest BCUT2D eigenvalue weighted by Gasteiger charge is -2.20. The minimum atomic E-state index is -0.725. The Balaban J connectivity index is 0.000000289. The third-order valence-electron chi connectivity index (χ3n) is 11.0. The summed E-state index contributed by atoms with van der Waals surface area (Å²) in [7, 11) is 5.22. The second-order valence-corrected chi connectivity index (χ2v) is 22.9. The topological polar surface area (TPSA) is 305 Å². The fraction of sp³-hybridized carbons (Fsp3) is 0.345. The fourth-order valence-corrected chi connectivity index (χ4v) is 9.21. The standard InChI is InChI=1S/C21H27IN4O3.C16H19IN4O.C8H8IN3O.C8H11N.C5H11NO2/c1-21(2,3)29-20(28)26-12-15-16(22)13-25-18(23-4)17(15)19(27)24-11-10-14-8-6-5-7-9-14;1-19-15-14(12(9-18)13(17)10-21-15)16(22)20-8-7-11-5-3-2-4-6-11;1-10-7-6-4(2-12-8(6)13)5(9)3-11-7;9-7-6-8-4-2-1-3-5-8;1-5(2,3)8-4(6)7/h5-9,13H,10-12H2,1-4H3,(H,23,25)(H,24,27)(H,26,28);2-6,10H,7-9,18H2,1H3,(H,19,21)(H,20,22);3H,2H2,1H3,(H,10,11)(H,12,13);1-5H,6-7,9H2;1-3H3,(H2,6,7). The van der Waals surface area contributed by atoms with Crippen LogP contribution in [0, 0.1) is 10.7 Å². The Morgan fingerprint density at radius 3 is 1.38 bits per heavy atom. The van der Waals surface area contributed by atoms with Crippen molar-refractivity contribution in [3.8, 4) is 0 Å². The van der Waals surface area contributed by atoms with Gasteiger partial charge in [0.05, 0.1) is 16.7 Å². The first-order valence-electron chi connectivity index (χ1n) is 25.8. The molecule has 0 fully saturated rings. The molecule has 0 aliphatic carbocycles. The summed E-state index contributed by atoms with van der Waals surface area (Å²) >= 11 is 6.45. The number of benzene rings is 3. The molecule has 0 saturated carbocycles. The number of rotatable bonds is 16. The highest BCUT2D eigenvalue weighted by atomic mass is 127. The molecule has 0 saturated heterocycles. The van der Waals surface area contributed by atoms with E-state index in [1.165, 1.54) is 11.1 Å². The lowest BCUT2D eigenvalue weighted by Crippen LogP contribution is -2.34. The summed E-state index contributed by atoms with van der Waals surface area (Å²) in [5.41, 5.74) is 22.7. The number of anilines is 3. The van der Waals surface area contributed by atoms with E-state index in [0.29, 0.717) is 65.9 Å². The van der Waals surface area contributed by atoms with E-state index in [9.17, 15) is 24.0 Å². The number of pyridine rings is 3. The van der Waals surface area contributed by atoms with Gasteiger partial charge in [0.1, 0.15) is 28.7 Å². The second-order valence-electron chi connectivity index (χ2n) is 19.5. The molecule has 6 aromatic rings. The number of hydrogen-bond donors (Lipinski definition) is 10. The summed E-state index contributed by atoms with van der Waals surface area (Å²) in [5, 5.41) is 20.2. The van der Waals surface area contributed by atoms with E-state index in [-0.39, 0.29) is 24.3 Å². The van der Waals surface area contributed by atoms with Crippen LogP contribution in [0.15, 0.2) is 110 Å².